The Balaban J connectivity index is 2.35. The Labute approximate surface area is 137 Å². The average molecular weight is 377 g/mol. The SMILES string of the molecule is CCn1nc(C)c(Br)c1CC(N)c1c(Cl)cccc1Cl. The predicted octanol–water partition coefficient (Wildman–Crippen LogP) is 4.52. The van der Waals surface area contributed by atoms with E-state index in [0.29, 0.717) is 16.5 Å². The average Bonchev–Trinajstić information content (AvgIpc) is 2.66. The van der Waals surface area contributed by atoms with E-state index in [1.54, 1.807) is 12.1 Å². The summed E-state index contributed by atoms with van der Waals surface area (Å²) in [5.41, 5.74) is 9.10. The second-order valence-electron chi connectivity index (χ2n) is 4.61. The van der Waals surface area contributed by atoms with E-state index in [1.165, 1.54) is 0 Å². The number of aromatic nitrogens is 2. The Morgan fingerprint density at radius 2 is 1.95 bits per heavy atom. The number of nitrogens with zero attached hydrogens (tertiary/aromatic N) is 2. The van der Waals surface area contributed by atoms with Crippen molar-refractivity contribution in [3.8, 4) is 0 Å². The molecule has 1 unspecified atom stereocenters. The lowest BCUT2D eigenvalue weighted by molar-refractivity contribution is 0.586. The molecule has 0 amide bonds. The molecule has 2 aromatic rings. The van der Waals surface area contributed by atoms with Crippen molar-refractivity contribution < 1.29 is 0 Å². The first kappa shape index (κ1) is 15.8. The molecular weight excluding hydrogens is 361 g/mol. The normalized spacial score (nSPS) is 12.7. The number of nitrogens with two attached hydrogens (primary N) is 1. The molecule has 0 aliphatic carbocycles. The quantitative estimate of drug-likeness (QED) is 0.852. The second kappa shape index (κ2) is 6.48. The van der Waals surface area contributed by atoms with Gasteiger partial charge in [0.25, 0.3) is 0 Å². The van der Waals surface area contributed by atoms with Crippen molar-refractivity contribution in [3.63, 3.8) is 0 Å². The maximum absolute atomic E-state index is 6.30. The van der Waals surface area contributed by atoms with Crippen molar-refractivity contribution in [1.29, 1.82) is 0 Å². The molecule has 0 fully saturated rings. The molecule has 0 spiro atoms. The van der Waals surface area contributed by atoms with Gasteiger partial charge < -0.3 is 5.73 Å². The second-order valence-corrected chi connectivity index (χ2v) is 6.22. The molecule has 0 saturated heterocycles. The molecule has 0 aliphatic heterocycles. The van der Waals surface area contributed by atoms with E-state index in [-0.39, 0.29) is 6.04 Å². The monoisotopic (exact) mass is 375 g/mol. The topological polar surface area (TPSA) is 43.8 Å². The minimum atomic E-state index is -0.270. The first-order chi connectivity index (χ1) is 9.45. The lowest BCUT2D eigenvalue weighted by Gasteiger charge is -2.16. The molecule has 3 nitrogen and oxygen atoms in total. The molecule has 1 heterocycles. The lowest BCUT2D eigenvalue weighted by atomic mass is 10.0. The van der Waals surface area contributed by atoms with Crippen LogP contribution in [-0.4, -0.2) is 9.78 Å². The van der Waals surface area contributed by atoms with Gasteiger partial charge in [-0.2, -0.15) is 5.10 Å². The molecule has 108 valence electrons. The Morgan fingerprint density at radius 3 is 2.50 bits per heavy atom. The van der Waals surface area contributed by atoms with Crippen LogP contribution in [0.25, 0.3) is 0 Å². The number of aryl methyl sites for hydroxylation is 2. The molecule has 0 saturated carbocycles. The zero-order chi connectivity index (χ0) is 14.9. The molecular formula is C14H16BrCl2N3. The number of rotatable bonds is 4. The lowest BCUT2D eigenvalue weighted by Crippen LogP contribution is -2.17. The highest BCUT2D eigenvalue weighted by molar-refractivity contribution is 9.10. The van der Waals surface area contributed by atoms with E-state index in [1.807, 2.05) is 17.7 Å². The van der Waals surface area contributed by atoms with Gasteiger partial charge in [0.15, 0.2) is 0 Å². The third-order valence-corrected chi connectivity index (χ3v) is 4.93. The summed E-state index contributed by atoms with van der Waals surface area (Å²) in [6.45, 7) is 4.81. The van der Waals surface area contributed by atoms with Crippen molar-refractivity contribution in [2.24, 2.45) is 5.73 Å². The van der Waals surface area contributed by atoms with Crippen LogP contribution in [0.5, 0.6) is 0 Å². The Bertz CT molecular complexity index is 605. The molecule has 0 aliphatic rings. The van der Waals surface area contributed by atoms with Crippen LogP contribution in [0.3, 0.4) is 0 Å². The molecule has 1 atom stereocenters. The van der Waals surface area contributed by atoms with Gasteiger partial charge in [0, 0.05) is 34.6 Å². The van der Waals surface area contributed by atoms with Crippen molar-refractivity contribution in [2.45, 2.75) is 32.9 Å². The zero-order valence-corrected chi connectivity index (χ0v) is 14.4. The van der Waals surface area contributed by atoms with Crippen molar-refractivity contribution in [3.05, 3.63) is 49.7 Å². The van der Waals surface area contributed by atoms with E-state index < -0.39 is 0 Å². The van der Waals surface area contributed by atoms with Gasteiger partial charge in [-0.25, -0.2) is 0 Å². The molecule has 2 N–H and O–H groups in total. The van der Waals surface area contributed by atoms with Gasteiger partial charge in [-0.05, 0) is 41.9 Å². The van der Waals surface area contributed by atoms with Crippen LogP contribution in [-0.2, 0) is 13.0 Å². The van der Waals surface area contributed by atoms with Crippen LogP contribution in [0, 0.1) is 6.92 Å². The molecule has 6 heteroatoms. The summed E-state index contributed by atoms with van der Waals surface area (Å²) in [7, 11) is 0. The van der Waals surface area contributed by atoms with Crippen LogP contribution < -0.4 is 5.73 Å². The summed E-state index contributed by atoms with van der Waals surface area (Å²) < 4.78 is 2.95. The van der Waals surface area contributed by atoms with Crippen molar-refractivity contribution >= 4 is 39.1 Å². The van der Waals surface area contributed by atoms with E-state index >= 15 is 0 Å². The smallest absolute Gasteiger partial charge is 0.0738 e. The fourth-order valence-corrected chi connectivity index (χ4v) is 3.36. The number of hydrogen-bond donors (Lipinski definition) is 1. The summed E-state index contributed by atoms with van der Waals surface area (Å²) in [5, 5.41) is 5.66. The predicted molar refractivity (Wildman–Crippen MR) is 87.4 cm³/mol. The maximum atomic E-state index is 6.30. The standard InChI is InChI=1S/C14H16BrCl2N3/c1-3-20-12(14(15)8(2)19-20)7-11(18)13-9(16)5-4-6-10(13)17/h4-6,11H,3,7,18H2,1-2H3. The summed E-state index contributed by atoms with van der Waals surface area (Å²) >= 11 is 16.0. The van der Waals surface area contributed by atoms with Crippen LogP contribution in [0.15, 0.2) is 22.7 Å². The first-order valence-electron chi connectivity index (χ1n) is 6.37. The number of halogens is 3. The minimum absolute atomic E-state index is 0.270. The fraction of sp³-hybridized carbons (Fsp3) is 0.357. The highest BCUT2D eigenvalue weighted by Crippen LogP contribution is 2.32. The summed E-state index contributed by atoms with van der Waals surface area (Å²) in [6.07, 6.45) is 0.624. The summed E-state index contributed by atoms with van der Waals surface area (Å²) in [5.74, 6) is 0. The minimum Gasteiger partial charge on any atom is -0.324 e. The van der Waals surface area contributed by atoms with Gasteiger partial charge in [-0.15, -0.1) is 0 Å². The number of benzene rings is 1. The fourth-order valence-electron chi connectivity index (χ4n) is 2.24. The first-order valence-corrected chi connectivity index (χ1v) is 7.91. The van der Waals surface area contributed by atoms with Crippen molar-refractivity contribution in [1.82, 2.24) is 9.78 Å². The summed E-state index contributed by atoms with van der Waals surface area (Å²) in [6, 6.07) is 5.16. The zero-order valence-electron chi connectivity index (χ0n) is 11.3. The molecule has 1 aromatic carbocycles. The van der Waals surface area contributed by atoms with Gasteiger partial charge in [0.05, 0.1) is 15.9 Å². The van der Waals surface area contributed by atoms with Crippen LogP contribution in [0.4, 0.5) is 0 Å². The van der Waals surface area contributed by atoms with Crippen LogP contribution in [0.1, 0.15) is 29.9 Å². The summed E-state index contributed by atoms with van der Waals surface area (Å²) in [4.78, 5) is 0. The van der Waals surface area contributed by atoms with Crippen LogP contribution >= 0.6 is 39.1 Å². The van der Waals surface area contributed by atoms with Gasteiger partial charge in [0.2, 0.25) is 0 Å². The third kappa shape index (κ3) is 3.03. The largest absolute Gasteiger partial charge is 0.324 e. The van der Waals surface area contributed by atoms with E-state index in [9.17, 15) is 0 Å². The number of hydrogen-bond acceptors (Lipinski definition) is 2. The van der Waals surface area contributed by atoms with Crippen molar-refractivity contribution in [2.75, 3.05) is 0 Å². The maximum Gasteiger partial charge on any atom is 0.0738 e. The van der Waals surface area contributed by atoms with E-state index in [0.717, 1.165) is 28.0 Å². The van der Waals surface area contributed by atoms with Gasteiger partial charge in [-0.1, -0.05) is 29.3 Å². The molecule has 2 rings (SSSR count). The Morgan fingerprint density at radius 1 is 1.35 bits per heavy atom. The van der Waals surface area contributed by atoms with Gasteiger partial charge >= 0.3 is 0 Å². The highest BCUT2D eigenvalue weighted by Gasteiger charge is 2.19. The molecule has 1 aromatic heterocycles. The van der Waals surface area contributed by atoms with E-state index in [4.69, 9.17) is 28.9 Å². The van der Waals surface area contributed by atoms with Gasteiger partial charge in [0.1, 0.15) is 0 Å². The van der Waals surface area contributed by atoms with E-state index in [2.05, 4.69) is 28.0 Å². The van der Waals surface area contributed by atoms with Gasteiger partial charge in [-0.3, -0.25) is 4.68 Å². The third-order valence-electron chi connectivity index (χ3n) is 3.24. The highest BCUT2D eigenvalue weighted by atomic mass is 79.9. The molecule has 20 heavy (non-hydrogen) atoms. The van der Waals surface area contributed by atoms with Crippen LogP contribution in [0.2, 0.25) is 10.0 Å². The molecule has 0 bridgehead atoms. The Kier molecular flexibility index (Phi) is 5.13. The Hall–Kier alpha value is -0.550. The molecule has 0 radical (unpaired) electrons.